The first-order valence-electron chi connectivity index (χ1n) is 19.2. The van der Waals surface area contributed by atoms with Crippen molar-refractivity contribution in [1.29, 1.82) is 0 Å². The number of benzene rings is 7. The minimum Gasteiger partial charge on any atom is -0.324 e. The van der Waals surface area contributed by atoms with Gasteiger partial charge in [-0.15, -0.1) is 0 Å². The molecule has 2 heteroatoms. The predicted octanol–water partition coefficient (Wildman–Crippen LogP) is 12.5. The molecule has 0 amide bonds. The van der Waals surface area contributed by atoms with Crippen LogP contribution in [0, 0.1) is 5.92 Å². The molecule has 2 nitrogen and oxygen atoms in total. The number of hydrogen-bond acceptors (Lipinski definition) is 1. The first kappa shape index (κ1) is 32.4. The van der Waals surface area contributed by atoms with Gasteiger partial charge < -0.3 is 10.3 Å². The van der Waals surface area contributed by atoms with E-state index < -0.39 is 5.41 Å². The summed E-state index contributed by atoms with van der Waals surface area (Å²) in [6.07, 6.45) is 8.78. The summed E-state index contributed by atoms with van der Waals surface area (Å²) in [5, 5.41) is 2.51. The molecule has 7 aromatic carbocycles. The molecule has 0 aliphatic heterocycles. The molecule has 0 spiro atoms. The van der Waals surface area contributed by atoms with Crippen LogP contribution in [0.5, 0.6) is 0 Å². The van der Waals surface area contributed by atoms with Gasteiger partial charge in [-0.05, 0) is 99.2 Å². The summed E-state index contributed by atoms with van der Waals surface area (Å²) in [5.41, 5.74) is 22.9. The summed E-state index contributed by atoms with van der Waals surface area (Å²) in [4.78, 5) is 0. The van der Waals surface area contributed by atoms with E-state index in [9.17, 15) is 0 Å². The second-order valence-corrected chi connectivity index (χ2v) is 15.2. The highest BCUT2D eigenvalue weighted by molar-refractivity contribution is 6.11. The fourth-order valence-electron chi connectivity index (χ4n) is 9.44. The molecule has 0 radical (unpaired) electrons. The monoisotopic (exact) mass is 694 g/mol. The lowest BCUT2D eigenvalue weighted by atomic mass is 9.64. The third kappa shape index (κ3) is 5.13. The van der Waals surface area contributed by atoms with Gasteiger partial charge in [0.25, 0.3) is 0 Å². The van der Waals surface area contributed by atoms with Crippen LogP contribution >= 0.6 is 0 Å². The SMILES string of the molecule is CC1C=CC=C(C2(c3ccc4c(c3)c3ccc(-c5ccccc5)cc3n4-c3cccc(C[C@@H](N)c4ccccc4)c3)c3ccccc3-c3ccccc32)C1. The van der Waals surface area contributed by atoms with Crippen molar-refractivity contribution in [2.45, 2.75) is 31.2 Å². The second kappa shape index (κ2) is 13.0. The molecular formula is C52H42N2. The van der Waals surface area contributed by atoms with Crippen LogP contribution in [0.3, 0.4) is 0 Å². The fraction of sp³-hybridized carbons (Fsp3) is 0.115. The molecule has 54 heavy (non-hydrogen) atoms. The number of fused-ring (bicyclic) bond motifs is 6. The molecule has 1 aromatic heterocycles. The Morgan fingerprint density at radius 3 is 2.07 bits per heavy atom. The summed E-state index contributed by atoms with van der Waals surface area (Å²) >= 11 is 0. The summed E-state index contributed by atoms with van der Waals surface area (Å²) in [6, 6.07) is 62.5. The molecule has 0 bridgehead atoms. The van der Waals surface area contributed by atoms with Gasteiger partial charge in [-0.2, -0.15) is 0 Å². The minimum absolute atomic E-state index is 0.0770. The molecule has 0 fully saturated rings. The van der Waals surface area contributed by atoms with Crippen LogP contribution in [-0.2, 0) is 11.8 Å². The van der Waals surface area contributed by atoms with E-state index in [1.807, 2.05) is 6.07 Å². The van der Waals surface area contributed by atoms with E-state index in [1.165, 1.54) is 71.9 Å². The minimum atomic E-state index is -0.397. The molecular weight excluding hydrogens is 653 g/mol. The van der Waals surface area contributed by atoms with E-state index in [-0.39, 0.29) is 6.04 Å². The molecule has 260 valence electrons. The topological polar surface area (TPSA) is 30.9 Å². The van der Waals surface area contributed by atoms with Crippen molar-refractivity contribution in [3.8, 4) is 27.9 Å². The van der Waals surface area contributed by atoms with Crippen LogP contribution in [0.4, 0.5) is 0 Å². The van der Waals surface area contributed by atoms with Crippen LogP contribution in [0.25, 0.3) is 49.7 Å². The molecule has 1 unspecified atom stereocenters. The van der Waals surface area contributed by atoms with Gasteiger partial charge in [0.15, 0.2) is 0 Å². The quantitative estimate of drug-likeness (QED) is 0.177. The zero-order valence-corrected chi connectivity index (χ0v) is 30.5. The summed E-state index contributed by atoms with van der Waals surface area (Å²) < 4.78 is 2.46. The van der Waals surface area contributed by atoms with Crippen LogP contribution < -0.4 is 5.73 Å². The Kier molecular flexibility index (Phi) is 7.82. The van der Waals surface area contributed by atoms with Gasteiger partial charge in [-0.1, -0.05) is 170 Å². The Bertz CT molecular complexity index is 2700. The van der Waals surface area contributed by atoms with Crippen molar-refractivity contribution in [3.63, 3.8) is 0 Å². The number of nitrogens with zero attached hydrogens (tertiary/aromatic N) is 1. The number of nitrogens with two attached hydrogens (primary N) is 1. The van der Waals surface area contributed by atoms with E-state index in [1.54, 1.807) is 0 Å². The van der Waals surface area contributed by atoms with Crippen molar-refractivity contribution < 1.29 is 0 Å². The zero-order valence-electron chi connectivity index (χ0n) is 30.5. The van der Waals surface area contributed by atoms with E-state index in [2.05, 4.69) is 194 Å². The molecule has 1 heterocycles. The third-order valence-corrected chi connectivity index (χ3v) is 11.9. The van der Waals surface area contributed by atoms with Crippen molar-refractivity contribution in [2.24, 2.45) is 11.7 Å². The number of hydrogen-bond donors (Lipinski definition) is 1. The Balaban J connectivity index is 1.21. The fourth-order valence-corrected chi connectivity index (χ4v) is 9.44. The summed E-state index contributed by atoms with van der Waals surface area (Å²) in [7, 11) is 0. The predicted molar refractivity (Wildman–Crippen MR) is 226 cm³/mol. The van der Waals surface area contributed by atoms with E-state index in [4.69, 9.17) is 5.73 Å². The smallest absolute Gasteiger partial charge is 0.0676 e. The highest BCUT2D eigenvalue weighted by Gasteiger charge is 2.47. The van der Waals surface area contributed by atoms with Gasteiger partial charge in [0.2, 0.25) is 0 Å². The van der Waals surface area contributed by atoms with Crippen molar-refractivity contribution >= 4 is 21.8 Å². The van der Waals surface area contributed by atoms with Gasteiger partial charge in [-0.25, -0.2) is 0 Å². The van der Waals surface area contributed by atoms with Gasteiger partial charge in [0, 0.05) is 22.5 Å². The maximum absolute atomic E-state index is 6.77. The second-order valence-electron chi connectivity index (χ2n) is 15.2. The molecule has 0 saturated heterocycles. The first-order valence-corrected chi connectivity index (χ1v) is 19.2. The van der Waals surface area contributed by atoms with Gasteiger partial charge in [-0.3, -0.25) is 0 Å². The highest BCUT2D eigenvalue weighted by Crippen LogP contribution is 2.58. The summed E-state index contributed by atoms with van der Waals surface area (Å²) in [6.45, 7) is 2.34. The van der Waals surface area contributed by atoms with Crippen LogP contribution in [0.15, 0.2) is 194 Å². The molecule has 10 rings (SSSR count). The van der Waals surface area contributed by atoms with Crippen LogP contribution in [-0.4, -0.2) is 4.57 Å². The van der Waals surface area contributed by atoms with Gasteiger partial charge in [0.05, 0.1) is 16.4 Å². The van der Waals surface area contributed by atoms with Crippen molar-refractivity contribution in [1.82, 2.24) is 4.57 Å². The Morgan fingerprint density at radius 1 is 0.630 bits per heavy atom. The average Bonchev–Trinajstić information content (AvgIpc) is 3.72. The number of allylic oxidation sites excluding steroid dienone is 4. The molecule has 2 N–H and O–H groups in total. The molecule has 2 atom stereocenters. The maximum atomic E-state index is 6.77. The maximum Gasteiger partial charge on any atom is 0.0676 e. The molecule has 2 aliphatic rings. The highest BCUT2D eigenvalue weighted by atomic mass is 15.0. The Morgan fingerprint density at radius 2 is 1.33 bits per heavy atom. The van der Waals surface area contributed by atoms with Crippen LogP contribution in [0.1, 0.15) is 47.2 Å². The lowest BCUT2D eigenvalue weighted by Gasteiger charge is -2.37. The van der Waals surface area contributed by atoms with Crippen LogP contribution in [0.2, 0.25) is 0 Å². The Hall–Kier alpha value is -6.22. The normalized spacial score (nSPS) is 16.3. The number of aromatic nitrogens is 1. The van der Waals surface area contributed by atoms with Crippen molar-refractivity contribution in [3.05, 3.63) is 221 Å². The summed E-state index contributed by atoms with van der Waals surface area (Å²) in [5.74, 6) is 0.464. The van der Waals surface area contributed by atoms with Gasteiger partial charge >= 0.3 is 0 Å². The van der Waals surface area contributed by atoms with E-state index in [0.717, 1.165) is 24.1 Å². The third-order valence-electron chi connectivity index (χ3n) is 11.9. The van der Waals surface area contributed by atoms with E-state index >= 15 is 0 Å². The number of rotatable bonds is 7. The van der Waals surface area contributed by atoms with Crippen molar-refractivity contribution in [2.75, 3.05) is 0 Å². The molecule has 0 saturated carbocycles. The zero-order chi connectivity index (χ0) is 36.2. The molecule has 8 aromatic rings. The largest absolute Gasteiger partial charge is 0.324 e. The van der Waals surface area contributed by atoms with E-state index in [0.29, 0.717) is 5.92 Å². The lowest BCUT2D eigenvalue weighted by molar-refractivity contribution is 0.616. The standard InChI is InChI=1S/C52H42N2/c1-35-14-12-20-40(30-35)52(47-24-10-8-22-43(47)44-23-9-11-25-48(44)52)41-27-29-50-46(34-41)45-28-26-39(37-16-4-2-5-17-37)33-51(45)54(50)42-21-13-15-36(31-42)32-49(53)38-18-6-3-7-19-38/h2-29,31,33-35,49H,30,32,53H2,1H3/t35?,49-/m1/s1. The lowest BCUT2D eigenvalue weighted by Crippen LogP contribution is -2.31. The Labute approximate surface area is 317 Å². The average molecular weight is 695 g/mol. The molecule has 2 aliphatic carbocycles. The van der Waals surface area contributed by atoms with Gasteiger partial charge in [0.1, 0.15) is 0 Å². The first-order chi connectivity index (χ1) is 26.6.